The van der Waals surface area contributed by atoms with Crippen LogP contribution in [0.5, 0.6) is 0 Å². The topological polar surface area (TPSA) is 25.2 Å². The molecule has 0 spiro atoms. The highest BCUT2D eigenvalue weighted by Gasteiger charge is 2.34. The van der Waals surface area contributed by atoms with E-state index in [0.29, 0.717) is 10.4 Å². The van der Waals surface area contributed by atoms with Gasteiger partial charge < -0.3 is 9.73 Å². The molecule has 0 saturated carbocycles. The normalized spacial score (nSPS) is 11.6. The third-order valence-electron chi connectivity index (χ3n) is 2.39. The predicted octanol–water partition coefficient (Wildman–Crippen LogP) is 5.33. The molecule has 102 valence electrons. The van der Waals surface area contributed by atoms with E-state index in [0.717, 1.165) is 6.07 Å². The molecule has 7 heteroatoms. The minimum absolute atomic E-state index is 0.0143. The quantitative estimate of drug-likeness (QED) is 0.806. The van der Waals surface area contributed by atoms with Crippen LogP contribution in [0, 0.1) is 0 Å². The van der Waals surface area contributed by atoms with Crippen LogP contribution in [0.3, 0.4) is 0 Å². The van der Waals surface area contributed by atoms with Crippen LogP contribution >= 0.6 is 27.5 Å². The number of hydrogen-bond acceptors (Lipinski definition) is 2. The van der Waals surface area contributed by atoms with Gasteiger partial charge in [0.2, 0.25) is 0 Å². The van der Waals surface area contributed by atoms with Crippen LogP contribution < -0.4 is 5.32 Å². The summed E-state index contributed by atoms with van der Waals surface area (Å²) in [5, 5.41) is 2.67. The highest BCUT2D eigenvalue weighted by molar-refractivity contribution is 9.10. The zero-order valence-electron chi connectivity index (χ0n) is 9.39. The molecule has 2 rings (SSSR count). The van der Waals surface area contributed by atoms with Crippen molar-refractivity contribution in [3.63, 3.8) is 0 Å². The van der Waals surface area contributed by atoms with Gasteiger partial charge in [0.1, 0.15) is 5.76 Å². The number of para-hydroxylation sites is 1. The van der Waals surface area contributed by atoms with Crippen molar-refractivity contribution in [2.45, 2.75) is 12.7 Å². The Morgan fingerprint density at radius 2 is 1.95 bits per heavy atom. The molecule has 1 N–H and O–H groups in total. The average molecular weight is 355 g/mol. The van der Waals surface area contributed by atoms with Crippen molar-refractivity contribution in [3.05, 3.63) is 51.3 Å². The maximum absolute atomic E-state index is 12.8. The van der Waals surface area contributed by atoms with Gasteiger partial charge in [-0.15, -0.1) is 0 Å². The van der Waals surface area contributed by atoms with E-state index in [2.05, 4.69) is 21.2 Å². The van der Waals surface area contributed by atoms with Crippen LogP contribution in [-0.2, 0) is 12.7 Å². The predicted molar refractivity (Wildman–Crippen MR) is 70.2 cm³/mol. The minimum Gasteiger partial charge on any atom is -0.452 e. The zero-order valence-corrected chi connectivity index (χ0v) is 11.7. The first-order chi connectivity index (χ1) is 8.88. The first-order valence-electron chi connectivity index (χ1n) is 5.21. The minimum atomic E-state index is -4.46. The van der Waals surface area contributed by atoms with Gasteiger partial charge in [0.05, 0.1) is 22.8 Å². The lowest BCUT2D eigenvalue weighted by molar-refractivity contribution is -0.137. The van der Waals surface area contributed by atoms with Crippen LogP contribution in [0.25, 0.3) is 0 Å². The third kappa shape index (κ3) is 3.45. The summed E-state index contributed by atoms with van der Waals surface area (Å²) in [6.45, 7) is 0.110. The number of benzene rings is 1. The van der Waals surface area contributed by atoms with Crippen LogP contribution in [0.2, 0.25) is 5.02 Å². The van der Waals surface area contributed by atoms with E-state index in [1.165, 1.54) is 12.1 Å². The summed E-state index contributed by atoms with van der Waals surface area (Å²) in [4.78, 5) is 0. The molecule has 0 aliphatic rings. The molecule has 19 heavy (non-hydrogen) atoms. The number of halogens is 5. The molecular formula is C12H8BrClF3NO. The molecule has 1 aromatic carbocycles. The van der Waals surface area contributed by atoms with Gasteiger partial charge in [-0.25, -0.2) is 0 Å². The Morgan fingerprint density at radius 1 is 1.21 bits per heavy atom. The Hall–Kier alpha value is -1.14. The molecular weight excluding hydrogens is 346 g/mol. The Morgan fingerprint density at radius 3 is 2.53 bits per heavy atom. The summed E-state index contributed by atoms with van der Waals surface area (Å²) in [5.74, 6) is 0.500. The van der Waals surface area contributed by atoms with Gasteiger partial charge in [0.15, 0.2) is 4.67 Å². The van der Waals surface area contributed by atoms with E-state index in [9.17, 15) is 13.2 Å². The Kier molecular flexibility index (Phi) is 4.10. The maximum atomic E-state index is 12.8. The number of nitrogens with one attached hydrogen (secondary N) is 1. The maximum Gasteiger partial charge on any atom is 0.418 e. The number of anilines is 1. The molecule has 2 aromatic rings. The zero-order chi connectivity index (χ0) is 14.0. The van der Waals surface area contributed by atoms with Crippen molar-refractivity contribution < 1.29 is 17.6 Å². The van der Waals surface area contributed by atoms with Crippen molar-refractivity contribution in [2.24, 2.45) is 0 Å². The van der Waals surface area contributed by atoms with E-state index in [4.69, 9.17) is 16.0 Å². The van der Waals surface area contributed by atoms with Gasteiger partial charge in [0, 0.05) is 0 Å². The standard InChI is InChI=1S/C12H8BrClF3NO/c13-10-5-4-7(19-10)6-18-11-8(12(15,16)17)2-1-3-9(11)14/h1-5,18H,6H2. The first kappa shape index (κ1) is 14.3. The van der Waals surface area contributed by atoms with E-state index < -0.39 is 11.7 Å². The fraction of sp³-hybridized carbons (Fsp3) is 0.167. The Balaban J connectivity index is 2.24. The van der Waals surface area contributed by atoms with E-state index >= 15 is 0 Å². The van der Waals surface area contributed by atoms with Crippen molar-refractivity contribution in [3.8, 4) is 0 Å². The molecule has 2 nitrogen and oxygen atoms in total. The smallest absolute Gasteiger partial charge is 0.418 e. The number of alkyl halides is 3. The summed E-state index contributed by atoms with van der Waals surface area (Å²) in [5.41, 5.74) is -0.949. The van der Waals surface area contributed by atoms with Crippen molar-refractivity contribution in [2.75, 3.05) is 5.32 Å². The van der Waals surface area contributed by atoms with Crippen LogP contribution in [0.1, 0.15) is 11.3 Å². The highest BCUT2D eigenvalue weighted by atomic mass is 79.9. The van der Waals surface area contributed by atoms with E-state index in [-0.39, 0.29) is 17.3 Å². The second-order valence-corrected chi connectivity index (χ2v) is 4.91. The highest BCUT2D eigenvalue weighted by Crippen LogP contribution is 2.38. The molecule has 0 atom stereocenters. The summed E-state index contributed by atoms with van der Waals surface area (Å²) in [7, 11) is 0. The molecule has 0 aliphatic carbocycles. The molecule has 0 amide bonds. The van der Waals surface area contributed by atoms with Gasteiger partial charge in [-0.3, -0.25) is 0 Å². The van der Waals surface area contributed by atoms with Gasteiger partial charge in [-0.1, -0.05) is 17.7 Å². The molecule has 0 radical (unpaired) electrons. The van der Waals surface area contributed by atoms with Crippen LogP contribution in [-0.4, -0.2) is 0 Å². The van der Waals surface area contributed by atoms with E-state index in [1.807, 2.05) is 0 Å². The van der Waals surface area contributed by atoms with Gasteiger partial charge >= 0.3 is 6.18 Å². The fourth-order valence-electron chi connectivity index (χ4n) is 1.56. The lowest BCUT2D eigenvalue weighted by Crippen LogP contribution is -2.11. The molecule has 1 aromatic heterocycles. The third-order valence-corrected chi connectivity index (χ3v) is 3.13. The monoisotopic (exact) mass is 353 g/mol. The number of rotatable bonds is 3. The lowest BCUT2D eigenvalue weighted by atomic mass is 10.1. The van der Waals surface area contributed by atoms with Crippen molar-refractivity contribution in [1.29, 1.82) is 0 Å². The second kappa shape index (κ2) is 5.46. The summed E-state index contributed by atoms with van der Waals surface area (Å²) in [6, 6.07) is 6.96. The lowest BCUT2D eigenvalue weighted by Gasteiger charge is -2.15. The summed E-state index contributed by atoms with van der Waals surface area (Å²) in [6.07, 6.45) is -4.46. The molecule has 0 bridgehead atoms. The van der Waals surface area contributed by atoms with Crippen LogP contribution in [0.15, 0.2) is 39.4 Å². The van der Waals surface area contributed by atoms with Crippen molar-refractivity contribution in [1.82, 2.24) is 0 Å². The van der Waals surface area contributed by atoms with Crippen LogP contribution in [0.4, 0.5) is 18.9 Å². The number of hydrogen-bond donors (Lipinski definition) is 1. The summed E-state index contributed by atoms with van der Waals surface area (Å²) >= 11 is 8.92. The molecule has 0 saturated heterocycles. The molecule has 0 aliphatic heterocycles. The fourth-order valence-corrected chi connectivity index (χ4v) is 2.14. The van der Waals surface area contributed by atoms with Gasteiger partial charge in [-0.2, -0.15) is 13.2 Å². The Labute approximate surface area is 120 Å². The number of furan rings is 1. The largest absolute Gasteiger partial charge is 0.452 e. The van der Waals surface area contributed by atoms with Gasteiger partial charge in [0.25, 0.3) is 0 Å². The molecule has 0 unspecified atom stereocenters. The first-order valence-corrected chi connectivity index (χ1v) is 6.39. The molecule has 0 fully saturated rings. The second-order valence-electron chi connectivity index (χ2n) is 3.72. The van der Waals surface area contributed by atoms with Crippen molar-refractivity contribution >= 4 is 33.2 Å². The molecule has 1 heterocycles. The Bertz CT molecular complexity index is 583. The van der Waals surface area contributed by atoms with Gasteiger partial charge in [-0.05, 0) is 40.2 Å². The van der Waals surface area contributed by atoms with E-state index in [1.54, 1.807) is 12.1 Å². The summed E-state index contributed by atoms with van der Waals surface area (Å²) < 4.78 is 44.2. The average Bonchev–Trinajstić information content (AvgIpc) is 2.72. The SMILES string of the molecule is FC(F)(F)c1cccc(Cl)c1NCc1ccc(Br)o1.